The lowest BCUT2D eigenvalue weighted by atomic mass is 9.98. The van der Waals surface area contributed by atoms with Gasteiger partial charge in [-0.1, -0.05) is 18.2 Å². The summed E-state index contributed by atoms with van der Waals surface area (Å²) in [5.41, 5.74) is 1.81. The number of aryl methyl sites for hydroxylation is 1. The number of alkyl halides is 3. The van der Waals surface area contributed by atoms with Crippen LogP contribution in [-0.4, -0.2) is 15.9 Å². The molecule has 2 aromatic carbocycles. The molecule has 0 fully saturated rings. The summed E-state index contributed by atoms with van der Waals surface area (Å²) in [5, 5.41) is 2.82. The van der Waals surface area contributed by atoms with Crippen LogP contribution in [0.3, 0.4) is 0 Å². The van der Waals surface area contributed by atoms with Crippen LogP contribution >= 0.6 is 0 Å². The van der Waals surface area contributed by atoms with Crippen molar-refractivity contribution >= 4 is 17.0 Å². The maximum Gasteiger partial charge on any atom is 0.417 e. The number of H-pyrrole nitrogens is 1. The number of aromatic nitrogens is 2. The van der Waals surface area contributed by atoms with Crippen LogP contribution in [0.5, 0.6) is 0 Å². The Labute approximate surface area is 173 Å². The average Bonchev–Trinajstić information content (AvgIpc) is 3.11. The number of hydrogen-bond acceptors (Lipinski definition) is 4. The number of hydrogen-bond donors (Lipinski definition) is 2. The number of aromatic amines is 1. The number of nitrogens with one attached hydrogen (secondary N) is 2. The first-order chi connectivity index (χ1) is 14.7. The smallest absolute Gasteiger partial charge is 0.408 e. The topological polar surface area (TPSA) is 88.0 Å². The molecule has 1 atom stereocenters. The van der Waals surface area contributed by atoms with E-state index < -0.39 is 29.4 Å². The van der Waals surface area contributed by atoms with Crippen molar-refractivity contribution in [1.82, 2.24) is 15.3 Å². The molecule has 4 aromatic rings. The fourth-order valence-electron chi connectivity index (χ4n) is 3.28. The van der Waals surface area contributed by atoms with Crippen molar-refractivity contribution in [2.75, 3.05) is 0 Å². The monoisotopic (exact) mass is 427 g/mol. The molecule has 1 amide bonds. The quantitative estimate of drug-likeness (QED) is 0.507. The second-order valence-electron chi connectivity index (χ2n) is 6.96. The minimum atomic E-state index is -4.46. The summed E-state index contributed by atoms with van der Waals surface area (Å²) in [6, 6.07) is 11.8. The van der Waals surface area contributed by atoms with Gasteiger partial charge in [-0.05, 0) is 54.4 Å². The largest absolute Gasteiger partial charge is 0.417 e. The lowest BCUT2D eigenvalue weighted by Crippen LogP contribution is -2.30. The molecule has 0 aliphatic rings. The number of fused-ring (bicyclic) bond motifs is 1. The molecule has 31 heavy (non-hydrogen) atoms. The molecule has 9 heteroatoms. The standard InChI is InChI=1S/C22H16F3N3O3/c1-12-3-2-10-26-18(12)19(13-4-7-15(8-5-13)22(23,24)25)28-20(29)14-6-9-16-17(11-14)31-21(30)27-16/h2-11,19H,1H3,(H,27,30)(H,28,29). The predicted octanol–water partition coefficient (Wildman–Crippen LogP) is 4.36. The van der Waals surface area contributed by atoms with Gasteiger partial charge in [0.05, 0.1) is 22.8 Å². The van der Waals surface area contributed by atoms with E-state index in [-0.39, 0.29) is 11.1 Å². The zero-order valence-electron chi connectivity index (χ0n) is 16.2. The number of benzene rings is 2. The Balaban J connectivity index is 1.71. The third kappa shape index (κ3) is 4.20. The van der Waals surface area contributed by atoms with Crippen molar-refractivity contribution in [3.05, 3.63) is 99.3 Å². The zero-order valence-corrected chi connectivity index (χ0v) is 16.2. The summed E-state index contributed by atoms with van der Waals surface area (Å²) < 4.78 is 43.8. The Morgan fingerprint density at radius 2 is 1.87 bits per heavy atom. The van der Waals surface area contributed by atoms with Crippen LogP contribution in [0.4, 0.5) is 13.2 Å². The molecule has 1 unspecified atom stereocenters. The van der Waals surface area contributed by atoms with E-state index in [0.29, 0.717) is 16.8 Å². The van der Waals surface area contributed by atoms with Crippen LogP contribution in [0.2, 0.25) is 0 Å². The highest BCUT2D eigenvalue weighted by molar-refractivity contribution is 5.97. The van der Waals surface area contributed by atoms with E-state index in [1.807, 2.05) is 0 Å². The first kappa shape index (κ1) is 20.4. The number of rotatable bonds is 4. The number of nitrogens with zero attached hydrogens (tertiary/aromatic N) is 1. The lowest BCUT2D eigenvalue weighted by molar-refractivity contribution is -0.137. The Morgan fingerprint density at radius 1 is 1.13 bits per heavy atom. The van der Waals surface area contributed by atoms with Gasteiger partial charge < -0.3 is 9.73 Å². The Bertz CT molecular complexity index is 1310. The van der Waals surface area contributed by atoms with E-state index >= 15 is 0 Å². The molecular formula is C22H16F3N3O3. The van der Waals surface area contributed by atoms with E-state index in [2.05, 4.69) is 15.3 Å². The van der Waals surface area contributed by atoms with Crippen LogP contribution in [-0.2, 0) is 6.18 Å². The molecule has 6 nitrogen and oxygen atoms in total. The third-order valence-electron chi connectivity index (χ3n) is 4.85. The zero-order chi connectivity index (χ0) is 22.2. The number of halogens is 3. The third-order valence-corrected chi connectivity index (χ3v) is 4.85. The van der Waals surface area contributed by atoms with Gasteiger partial charge in [-0.2, -0.15) is 13.2 Å². The van der Waals surface area contributed by atoms with Gasteiger partial charge >= 0.3 is 11.9 Å². The van der Waals surface area contributed by atoms with Crippen molar-refractivity contribution in [1.29, 1.82) is 0 Å². The predicted molar refractivity (Wildman–Crippen MR) is 107 cm³/mol. The summed E-state index contributed by atoms with van der Waals surface area (Å²) in [7, 11) is 0. The maximum atomic E-state index is 13.0. The second kappa shape index (κ2) is 7.75. The minimum absolute atomic E-state index is 0.220. The SMILES string of the molecule is Cc1cccnc1C(NC(=O)c1ccc2[nH]c(=O)oc2c1)c1ccc(C(F)(F)F)cc1. The number of carbonyl (C=O) groups is 1. The van der Waals surface area contributed by atoms with Gasteiger partial charge in [0.2, 0.25) is 0 Å². The summed E-state index contributed by atoms with van der Waals surface area (Å²) in [6.45, 7) is 1.80. The van der Waals surface area contributed by atoms with Crippen molar-refractivity contribution in [3.8, 4) is 0 Å². The van der Waals surface area contributed by atoms with Gasteiger partial charge in [-0.15, -0.1) is 0 Å². The van der Waals surface area contributed by atoms with Gasteiger partial charge in [0, 0.05) is 11.8 Å². The maximum absolute atomic E-state index is 13.0. The normalized spacial score (nSPS) is 12.6. The molecule has 0 saturated heterocycles. The summed E-state index contributed by atoms with van der Waals surface area (Å²) >= 11 is 0. The first-order valence-electron chi connectivity index (χ1n) is 9.25. The highest BCUT2D eigenvalue weighted by Gasteiger charge is 2.31. The van der Waals surface area contributed by atoms with Crippen LogP contribution in [0, 0.1) is 6.92 Å². The average molecular weight is 427 g/mol. The number of oxazole rings is 1. The van der Waals surface area contributed by atoms with Gasteiger partial charge in [-0.3, -0.25) is 14.8 Å². The van der Waals surface area contributed by atoms with Gasteiger partial charge in [-0.25, -0.2) is 4.79 Å². The fourth-order valence-corrected chi connectivity index (χ4v) is 3.28. The molecule has 0 bridgehead atoms. The second-order valence-corrected chi connectivity index (χ2v) is 6.96. The summed E-state index contributed by atoms with van der Waals surface area (Å²) in [6.07, 6.45) is -2.92. The number of pyridine rings is 1. The number of amides is 1. The highest BCUT2D eigenvalue weighted by Crippen LogP contribution is 2.31. The molecule has 0 aliphatic carbocycles. The molecule has 2 aromatic heterocycles. The minimum Gasteiger partial charge on any atom is -0.408 e. The van der Waals surface area contributed by atoms with Crippen molar-refractivity contribution < 1.29 is 22.4 Å². The fraction of sp³-hybridized carbons (Fsp3) is 0.136. The Kier molecular flexibility index (Phi) is 5.10. The molecule has 0 aliphatic heterocycles. The van der Waals surface area contributed by atoms with Crippen LogP contribution in [0.15, 0.2) is 70.0 Å². The molecular weight excluding hydrogens is 411 g/mol. The van der Waals surface area contributed by atoms with E-state index in [1.54, 1.807) is 25.3 Å². The molecule has 2 heterocycles. The first-order valence-corrected chi connectivity index (χ1v) is 9.25. The highest BCUT2D eigenvalue weighted by atomic mass is 19.4. The molecule has 2 N–H and O–H groups in total. The van der Waals surface area contributed by atoms with Gasteiger partial charge in [0.1, 0.15) is 0 Å². The molecule has 0 saturated carbocycles. The molecule has 0 spiro atoms. The van der Waals surface area contributed by atoms with Crippen molar-refractivity contribution in [3.63, 3.8) is 0 Å². The molecule has 4 rings (SSSR count). The lowest BCUT2D eigenvalue weighted by Gasteiger charge is -2.21. The summed E-state index contributed by atoms with van der Waals surface area (Å²) in [5.74, 6) is -1.14. The van der Waals surface area contributed by atoms with E-state index in [4.69, 9.17) is 4.42 Å². The summed E-state index contributed by atoms with van der Waals surface area (Å²) in [4.78, 5) is 31.1. The Morgan fingerprint density at radius 3 is 2.55 bits per heavy atom. The Hall–Kier alpha value is -3.88. The van der Waals surface area contributed by atoms with Gasteiger partial charge in [0.15, 0.2) is 5.58 Å². The van der Waals surface area contributed by atoms with E-state index in [1.165, 1.54) is 30.3 Å². The number of carbonyl (C=O) groups excluding carboxylic acids is 1. The van der Waals surface area contributed by atoms with Crippen LogP contribution in [0.1, 0.15) is 38.8 Å². The van der Waals surface area contributed by atoms with Crippen LogP contribution < -0.4 is 11.1 Å². The molecule has 0 radical (unpaired) electrons. The van der Waals surface area contributed by atoms with Crippen molar-refractivity contribution in [2.45, 2.75) is 19.1 Å². The van der Waals surface area contributed by atoms with E-state index in [0.717, 1.165) is 17.7 Å². The van der Waals surface area contributed by atoms with E-state index in [9.17, 15) is 22.8 Å². The van der Waals surface area contributed by atoms with Crippen LogP contribution in [0.25, 0.3) is 11.1 Å². The van der Waals surface area contributed by atoms with Crippen molar-refractivity contribution in [2.24, 2.45) is 0 Å². The molecule has 158 valence electrons. The van der Waals surface area contributed by atoms with Gasteiger partial charge in [0.25, 0.3) is 5.91 Å².